The van der Waals surface area contributed by atoms with Gasteiger partial charge in [-0.2, -0.15) is 0 Å². The van der Waals surface area contributed by atoms with Gasteiger partial charge in [0, 0.05) is 5.92 Å². The maximum absolute atomic E-state index is 12.5. The van der Waals surface area contributed by atoms with Gasteiger partial charge in [0.2, 0.25) is 5.91 Å². The summed E-state index contributed by atoms with van der Waals surface area (Å²) in [5.74, 6) is 0.879. The molecule has 2 aromatic rings. The SMILES string of the molecule is CC(C)(O)[C@@H]1CC[C@@H](NC(=O)[C@H]2C[C@H](Oc3cccc4scnc34)C2)CO1. The minimum Gasteiger partial charge on any atom is -0.488 e. The van der Waals surface area contributed by atoms with Gasteiger partial charge in [-0.15, -0.1) is 11.3 Å². The quantitative estimate of drug-likeness (QED) is 0.821. The van der Waals surface area contributed by atoms with E-state index in [1.54, 1.807) is 25.2 Å². The maximum atomic E-state index is 12.5. The monoisotopic (exact) mass is 390 g/mol. The second kappa shape index (κ2) is 7.37. The number of aliphatic hydroxyl groups is 1. The number of para-hydroxylation sites is 1. The first-order valence-electron chi connectivity index (χ1n) is 9.53. The molecule has 27 heavy (non-hydrogen) atoms. The Kier molecular flexibility index (Phi) is 5.09. The maximum Gasteiger partial charge on any atom is 0.223 e. The number of nitrogens with one attached hydrogen (secondary N) is 1. The van der Waals surface area contributed by atoms with Gasteiger partial charge >= 0.3 is 0 Å². The average Bonchev–Trinajstić information content (AvgIpc) is 3.06. The number of rotatable bonds is 5. The van der Waals surface area contributed by atoms with Gasteiger partial charge in [0.05, 0.1) is 34.6 Å². The van der Waals surface area contributed by atoms with Crippen LogP contribution in [0.4, 0.5) is 0 Å². The summed E-state index contributed by atoms with van der Waals surface area (Å²) >= 11 is 1.60. The molecule has 4 rings (SSSR count). The van der Waals surface area contributed by atoms with Crippen LogP contribution in [0.3, 0.4) is 0 Å². The zero-order valence-corrected chi connectivity index (χ0v) is 16.5. The Labute approximate surface area is 162 Å². The molecule has 0 unspecified atom stereocenters. The van der Waals surface area contributed by atoms with Crippen LogP contribution >= 0.6 is 11.3 Å². The fourth-order valence-electron chi connectivity index (χ4n) is 3.75. The van der Waals surface area contributed by atoms with Gasteiger partial charge in [-0.25, -0.2) is 4.98 Å². The van der Waals surface area contributed by atoms with Crippen molar-refractivity contribution in [2.75, 3.05) is 6.61 Å². The molecule has 0 radical (unpaired) electrons. The number of hydrogen-bond acceptors (Lipinski definition) is 6. The number of aromatic nitrogens is 1. The molecule has 1 saturated heterocycles. The van der Waals surface area contributed by atoms with Crippen molar-refractivity contribution in [1.82, 2.24) is 10.3 Å². The minimum absolute atomic E-state index is 0.00311. The van der Waals surface area contributed by atoms with Crippen LogP contribution < -0.4 is 10.1 Å². The molecule has 7 heteroatoms. The van der Waals surface area contributed by atoms with Crippen LogP contribution in [0.5, 0.6) is 5.75 Å². The lowest BCUT2D eigenvalue weighted by molar-refractivity contribution is -0.137. The molecule has 1 aliphatic carbocycles. The van der Waals surface area contributed by atoms with E-state index in [2.05, 4.69) is 10.3 Å². The van der Waals surface area contributed by atoms with Crippen LogP contribution in [0.2, 0.25) is 0 Å². The summed E-state index contributed by atoms with van der Waals surface area (Å²) in [4.78, 5) is 16.8. The Morgan fingerprint density at radius 2 is 2.19 bits per heavy atom. The first-order valence-corrected chi connectivity index (χ1v) is 10.4. The van der Waals surface area contributed by atoms with Gasteiger partial charge in [0.25, 0.3) is 0 Å². The first kappa shape index (κ1) is 18.7. The summed E-state index contributed by atoms with van der Waals surface area (Å²) in [6, 6.07) is 5.97. The summed E-state index contributed by atoms with van der Waals surface area (Å²) in [6.45, 7) is 3.98. The standard InChI is InChI=1S/C20H26N2O4S/c1-20(2,24)17-7-6-13(10-25-17)22-19(23)12-8-14(9-12)26-15-4-3-5-16-18(15)21-11-27-16/h3-5,11-14,17,24H,6-10H2,1-2H3,(H,22,23)/t12-,13-,14-,17+/m1/s1. The molecule has 2 N–H and O–H groups in total. The zero-order valence-electron chi connectivity index (χ0n) is 15.7. The molecule has 1 aliphatic heterocycles. The highest BCUT2D eigenvalue weighted by atomic mass is 32.1. The molecule has 0 bridgehead atoms. The number of carbonyl (C=O) groups excluding carboxylic acids is 1. The molecule has 2 aliphatic rings. The minimum atomic E-state index is -0.840. The number of fused-ring (bicyclic) bond motifs is 1. The Bertz CT molecular complexity index is 802. The third kappa shape index (κ3) is 4.10. The largest absolute Gasteiger partial charge is 0.488 e. The highest BCUT2D eigenvalue weighted by Gasteiger charge is 2.38. The van der Waals surface area contributed by atoms with Crippen molar-refractivity contribution in [3.8, 4) is 5.75 Å². The van der Waals surface area contributed by atoms with Crippen LogP contribution in [0, 0.1) is 5.92 Å². The molecule has 2 fully saturated rings. The van der Waals surface area contributed by atoms with E-state index in [1.165, 1.54) is 0 Å². The second-order valence-corrected chi connectivity index (χ2v) is 9.01. The number of thiazole rings is 1. The molecule has 1 aromatic carbocycles. The van der Waals surface area contributed by atoms with Crippen molar-refractivity contribution in [3.63, 3.8) is 0 Å². The van der Waals surface area contributed by atoms with Crippen LogP contribution in [-0.2, 0) is 9.53 Å². The second-order valence-electron chi connectivity index (χ2n) is 8.12. The van der Waals surface area contributed by atoms with Crippen molar-refractivity contribution >= 4 is 27.5 Å². The van der Waals surface area contributed by atoms with E-state index in [0.29, 0.717) is 6.61 Å². The highest BCUT2D eigenvalue weighted by Crippen LogP contribution is 2.35. The Balaban J connectivity index is 1.23. The molecule has 1 saturated carbocycles. The van der Waals surface area contributed by atoms with E-state index in [-0.39, 0.29) is 30.1 Å². The summed E-state index contributed by atoms with van der Waals surface area (Å²) < 4.78 is 12.9. The molecule has 1 amide bonds. The topological polar surface area (TPSA) is 80.7 Å². The predicted octanol–water partition coefficient (Wildman–Crippen LogP) is 2.89. The van der Waals surface area contributed by atoms with Crippen molar-refractivity contribution in [2.45, 2.75) is 63.4 Å². The van der Waals surface area contributed by atoms with Gasteiger partial charge < -0.3 is 19.9 Å². The number of nitrogens with zero attached hydrogens (tertiary/aromatic N) is 1. The molecule has 1 aromatic heterocycles. The number of benzene rings is 1. The number of amides is 1. The average molecular weight is 391 g/mol. The van der Waals surface area contributed by atoms with Gasteiger partial charge in [0.1, 0.15) is 17.4 Å². The summed E-state index contributed by atoms with van der Waals surface area (Å²) in [5.41, 5.74) is 1.88. The smallest absolute Gasteiger partial charge is 0.223 e. The fraction of sp³-hybridized carbons (Fsp3) is 0.600. The van der Waals surface area contributed by atoms with Crippen LogP contribution in [-0.4, -0.2) is 46.5 Å². The number of hydrogen-bond donors (Lipinski definition) is 2. The Morgan fingerprint density at radius 1 is 1.37 bits per heavy atom. The van der Waals surface area contributed by atoms with E-state index in [4.69, 9.17) is 9.47 Å². The van der Waals surface area contributed by atoms with Gasteiger partial charge in [-0.05, 0) is 51.7 Å². The third-order valence-electron chi connectivity index (χ3n) is 5.49. The summed E-state index contributed by atoms with van der Waals surface area (Å²) in [7, 11) is 0. The van der Waals surface area contributed by atoms with Gasteiger partial charge in [-0.1, -0.05) is 6.07 Å². The molecule has 0 spiro atoms. The highest BCUT2D eigenvalue weighted by molar-refractivity contribution is 7.16. The van der Waals surface area contributed by atoms with Crippen LogP contribution in [0.25, 0.3) is 10.2 Å². The Hall–Kier alpha value is -1.70. The number of carbonyl (C=O) groups is 1. The number of ether oxygens (including phenoxy) is 2. The fourth-order valence-corrected chi connectivity index (χ4v) is 4.45. The predicted molar refractivity (Wildman–Crippen MR) is 104 cm³/mol. The lowest BCUT2D eigenvalue weighted by atomic mass is 9.81. The molecular weight excluding hydrogens is 364 g/mol. The van der Waals surface area contributed by atoms with Crippen molar-refractivity contribution in [1.29, 1.82) is 0 Å². The molecule has 2 heterocycles. The zero-order chi connectivity index (χ0) is 19.0. The molecule has 146 valence electrons. The lowest BCUT2D eigenvalue weighted by Crippen LogP contribution is -2.51. The normalized spacial score (nSPS) is 28.6. The van der Waals surface area contributed by atoms with Gasteiger partial charge in [0.15, 0.2) is 0 Å². The van der Waals surface area contributed by atoms with Gasteiger partial charge in [-0.3, -0.25) is 4.79 Å². The molecule has 2 atom stereocenters. The van der Waals surface area contributed by atoms with Crippen molar-refractivity contribution in [2.24, 2.45) is 5.92 Å². The van der Waals surface area contributed by atoms with Crippen molar-refractivity contribution < 1.29 is 19.4 Å². The Morgan fingerprint density at radius 3 is 2.89 bits per heavy atom. The van der Waals surface area contributed by atoms with Crippen LogP contribution in [0.1, 0.15) is 39.5 Å². The van der Waals surface area contributed by atoms with E-state index in [0.717, 1.165) is 41.6 Å². The third-order valence-corrected chi connectivity index (χ3v) is 6.29. The first-order chi connectivity index (χ1) is 12.9. The van der Waals surface area contributed by atoms with E-state index < -0.39 is 5.60 Å². The van der Waals surface area contributed by atoms with Crippen molar-refractivity contribution in [3.05, 3.63) is 23.7 Å². The summed E-state index contributed by atoms with van der Waals surface area (Å²) in [6.07, 6.45) is 2.94. The van der Waals surface area contributed by atoms with Crippen LogP contribution in [0.15, 0.2) is 23.7 Å². The van der Waals surface area contributed by atoms with E-state index in [1.807, 2.05) is 23.7 Å². The summed E-state index contributed by atoms with van der Waals surface area (Å²) in [5, 5.41) is 13.1. The molecular formula is C20H26N2O4S. The van der Waals surface area contributed by atoms with E-state index in [9.17, 15) is 9.90 Å². The molecule has 6 nitrogen and oxygen atoms in total. The van der Waals surface area contributed by atoms with E-state index >= 15 is 0 Å². The lowest BCUT2D eigenvalue weighted by Gasteiger charge is -2.38.